The van der Waals surface area contributed by atoms with Crippen LogP contribution in [0.1, 0.15) is 32.6 Å². The highest BCUT2D eigenvalue weighted by atomic mass is 79.9. The topological polar surface area (TPSA) is 44.1 Å². The summed E-state index contributed by atoms with van der Waals surface area (Å²) in [5.41, 5.74) is 0.820. The lowest BCUT2D eigenvalue weighted by atomic mass is 10.2. The van der Waals surface area contributed by atoms with Crippen LogP contribution in [0.2, 0.25) is 0 Å². The summed E-state index contributed by atoms with van der Waals surface area (Å²) in [5, 5.41) is 1.49. The number of thioether (sulfide) groups is 1. The number of ether oxygens (including phenoxy) is 1. The smallest absolute Gasteiger partial charge is 0.262 e. The van der Waals surface area contributed by atoms with Gasteiger partial charge in [-0.15, -0.1) is 0 Å². The normalized spacial score (nSPS) is 11.3. The first-order chi connectivity index (χ1) is 11.2. The summed E-state index contributed by atoms with van der Waals surface area (Å²) in [6, 6.07) is 5.69. The fraction of sp³-hybridized carbons (Fsp3) is 0.529. The van der Waals surface area contributed by atoms with Crippen molar-refractivity contribution in [1.82, 2.24) is 9.55 Å². The quantitative estimate of drug-likeness (QED) is 0.354. The van der Waals surface area contributed by atoms with Crippen molar-refractivity contribution >= 4 is 38.6 Å². The second kappa shape index (κ2) is 9.45. The molecule has 0 unspecified atom stereocenters. The molecule has 0 amide bonds. The minimum atomic E-state index is 0.0571. The van der Waals surface area contributed by atoms with Crippen LogP contribution < -0.4 is 5.56 Å². The van der Waals surface area contributed by atoms with E-state index in [0.29, 0.717) is 5.39 Å². The lowest BCUT2D eigenvalue weighted by Crippen LogP contribution is -2.23. The van der Waals surface area contributed by atoms with Crippen molar-refractivity contribution in [3.63, 3.8) is 0 Å². The SMILES string of the molecule is CCCCCn1c(SCCCOC)nc2ccc(Br)cc2c1=O. The molecule has 0 spiro atoms. The molecule has 0 fully saturated rings. The summed E-state index contributed by atoms with van der Waals surface area (Å²) in [6.45, 7) is 3.63. The molecular weight excluding hydrogens is 376 g/mol. The number of rotatable bonds is 9. The molecule has 1 heterocycles. The van der Waals surface area contributed by atoms with E-state index < -0.39 is 0 Å². The first-order valence-corrected chi connectivity index (χ1v) is 9.77. The molecule has 0 aliphatic heterocycles. The van der Waals surface area contributed by atoms with Gasteiger partial charge in [0.25, 0.3) is 5.56 Å². The monoisotopic (exact) mass is 398 g/mol. The van der Waals surface area contributed by atoms with Crippen molar-refractivity contribution in [3.8, 4) is 0 Å². The van der Waals surface area contributed by atoms with Crippen molar-refractivity contribution in [2.75, 3.05) is 19.5 Å². The maximum Gasteiger partial charge on any atom is 0.262 e. The molecule has 0 aliphatic carbocycles. The van der Waals surface area contributed by atoms with E-state index in [1.165, 1.54) is 0 Å². The van der Waals surface area contributed by atoms with Gasteiger partial charge in [0.15, 0.2) is 5.16 Å². The van der Waals surface area contributed by atoms with Crippen molar-refractivity contribution in [3.05, 3.63) is 33.0 Å². The highest BCUT2D eigenvalue weighted by Gasteiger charge is 2.11. The van der Waals surface area contributed by atoms with Crippen LogP contribution in [0.3, 0.4) is 0 Å². The lowest BCUT2D eigenvalue weighted by molar-refractivity contribution is 0.200. The molecule has 6 heteroatoms. The van der Waals surface area contributed by atoms with Crippen molar-refractivity contribution in [2.45, 2.75) is 44.3 Å². The summed E-state index contributed by atoms with van der Waals surface area (Å²) in [5.74, 6) is 0.899. The average Bonchev–Trinajstić information content (AvgIpc) is 2.55. The summed E-state index contributed by atoms with van der Waals surface area (Å²) in [6.07, 6.45) is 4.21. The fourth-order valence-electron chi connectivity index (χ4n) is 2.37. The zero-order valence-electron chi connectivity index (χ0n) is 13.7. The van der Waals surface area contributed by atoms with Gasteiger partial charge in [-0.25, -0.2) is 4.98 Å². The third kappa shape index (κ3) is 5.06. The van der Waals surface area contributed by atoms with E-state index in [-0.39, 0.29) is 5.56 Å². The number of aromatic nitrogens is 2. The Bertz CT molecular complexity index is 703. The number of methoxy groups -OCH3 is 1. The van der Waals surface area contributed by atoms with Gasteiger partial charge in [-0.3, -0.25) is 9.36 Å². The van der Waals surface area contributed by atoms with Crippen LogP contribution in [0.15, 0.2) is 32.6 Å². The minimum absolute atomic E-state index is 0.0571. The molecule has 4 nitrogen and oxygen atoms in total. The van der Waals surface area contributed by atoms with E-state index >= 15 is 0 Å². The first kappa shape index (κ1) is 18.5. The van der Waals surface area contributed by atoms with Crippen molar-refractivity contribution in [2.24, 2.45) is 0 Å². The van der Waals surface area contributed by atoms with E-state index in [1.54, 1.807) is 18.9 Å². The highest BCUT2D eigenvalue weighted by molar-refractivity contribution is 9.10. The Hall–Kier alpha value is -0.850. The molecule has 0 atom stereocenters. The van der Waals surface area contributed by atoms with Crippen LogP contribution in [0.5, 0.6) is 0 Å². The largest absolute Gasteiger partial charge is 0.385 e. The van der Waals surface area contributed by atoms with E-state index in [0.717, 1.165) is 59.7 Å². The van der Waals surface area contributed by atoms with Crippen molar-refractivity contribution < 1.29 is 4.74 Å². The molecule has 23 heavy (non-hydrogen) atoms. The molecule has 0 saturated carbocycles. The van der Waals surface area contributed by atoms with Gasteiger partial charge in [0.2, 0.25) is 0 Å². The zero-order valence-corrected chi connectivity index (χ0v) is 16.1. The molecular formula is C17H23BrN2O2S. The van der Waals surface area contributed by atoms with Crippen LogP contribution in [-0.4, -0.2) is 29.0 Å². The minimum Gasteiger partial charge on any atom is -0.385 e. The Labute approximate surface area is 149 Å². The maximum atomic E-state index is 12.8. The van der Waals surface area contributed by atoms with E-state index in [2.05, 4.69) is 22.9 Å². The summed E-state index contributed by atoms with van der Waals surface area (Å²) < 4.78 is 7.83. The summed E-state index contributed by atoms with van der Waals surface area (Å²) in [7, 11) is 1.71. The molecule has 2 rings (SSSR count). The maximum absolute atomic E-state index is 12.8. The van der Waals surface area contributed by atoms with Crippen LogP contribution >= 0.6 is 27.7 Å². The number of fused-ring (bicyclic) bond motifs is 1. The number of hydrogen-bond donors (Lipinski definition) is 0. The van der Waals surface area contributed by atoms with Gasteiger partial charge in [0.1, 0.15) is 0 Å². The van der Waals surface area contributed by atoms with Gasteiger partial charge >= 0.3 is 0 Å². The molecule has 0 N–H and O–H groups in total. The molecule has 2 aromatic rings. The third-order valence-electron chi connectivity index (χ3n) is 3.59. The van der Waals surface area contributed by atoms with Crippen LogP contribution in [0.4, 0.5) is 0 Å². The fourth-order valence-corrected chi connectivity index (χ4v) is 3.67. The van der Waals surface area contributed by atoms with Gasteiger partial charge in [0, 0.05) is 30.5 Å². The predicted molar refractivity (Wildman–Crippen MR) is 100 cm³/mol. The number of benzene rings is 1. The Morgan fingerprint density at radius 3 is 2.87 bits per heavy atom. The standard InChI is InChI=1S/C17H23BrN2O2S/c1-3-4-5-9-20-16(21)14-12-13(18)7-8-15(14)19-17(20)23-11-6-10-22-2/h7-8,12H,3-6,9-11H2,1-2H3. The molecule has 1 aromatic carbocycles. The summed E-state index contributed by atoms with van der Waals surface area (Å²) >= 11 is 5.08. The Kier molecular flexibility index (Phi) is 7.59. The average molecular weight is 399 g/mol. The van der Waals surface area contributed by atoms with Gasteiger partial charge < -0.3 is 4.74 Å². The molecule has 0 radical (unpaired) electrons. The number of halogens is 1. The van der Waals surface area contributed by atoms with Crippen LogP contribution in [0.25, 0.3) is 10.9 Å². The Morgan fingerprint density at radius 1 is 1.30 bits per heavy atom. The number of hydrogen-bond acceptors (Lipinski definition) is 4. The first-order valence-electron chi connectivity index (χ1n) is 7.99. The summed E-state index contributed by atoms with van der Waals surface area (Å²) in [4.78, 5) is 17.6. The van der Waals surface area contributed by atoms with Gasteiger partial charge in [0.05, 0.1) is 10.9 Å². The van der Waals surface area contributed by atoms with Gasteiger partial charge in [-0.1, -0.05) is 47.5 Å². The molecule has 126 valence electrons. The lowest BCUT2D eigenvalue weighted by Gasteiger charge is -2.13. The second-order valence-electron chi connectivity index (χ2n) is 5.41. The third-order valence-corrected chi connectivity index (χ3v) is 5.15. The predicted octanol–water partition coefficient (Wildman–Crippen LogP) is 4.48. The second-order valence-corrected chi connectivity index (χ2v) is 7.39. The molecule has 0 saturated heterocycles. The van der Waals surface area contributed by atoms with Gasteiger partial charge in [-0.2, -0.15) is 0 Å². The van der Waals surface area contributed by atoms with Crippen LogP contribution in [-0.2, 0) is 11.3 Å². The Balaban J connectivity index is 2.34. The zero-order chi connectivity index (χ0) is 16.7. The van der Waals surface area contributed by atoms with Crippen LogP contribution in [0, 0.1) is 0 Å². The molecule has 0 aliphatic rings. The highest BCUT2D eigenvalue weighted by Crippen LogP contribution is 2.21. The van der Waals surface area contributed by atoms with Gasteiger partial charge in [-0.05, 0) is 31.0 Å². The van der Waals surface area contributed by atoms with E-state index in [1.807, 2.05) is 22.8 Å². The van der Waals surface area contributed by atoms with E-state index in [4.69, 9.17) is 9.72 Å². The number of nitrogens with zero attached hydrogens (tertiary/aromatic N) is 2. The molecule has 1 aromatic heterocycles. The number of unbranched alkanes of at least 4 members (excludes halogenated alkanes) is 2. The van der Waals surface area contributed by atoms with E-state index in [9.17, 15) is 4.79 Å². The molecule has 0 bridgehead atoms. The van der Waals surface area contributed by atoms with Crippen molar-refractivity contribution in [1.29, 1.82) is 0 Å². The Morgan fingerprint density at radius 2 is 2.13 bits per heavy atom.